The van der Waals surface area contributed by atoms with E-state index < -0.39 is 0 Å². The van der Waals surface area contributed by atoms with Crippen molar-refractivity contribution in [2.24, 2.45) is 23.2 Å². The molecule has 4 fully saturated rings. The number of nitrogens with two attached hydrogens (primary N) is 1. The van der Waals surface area contributed by atoms with Gasteiger partial charge in [-0.1, -0.05) is 0 Å². The predicted octanol–water partition coefficient (Wildman–Crippen LogP) is 0.385. The summed E-state index contributed by atoms with van der Waals surface area (Å²) in [4.78, 5) is 0. The second kappa shape index (κ2) is 8.08. The molecule has 0 aromatic heterocycles. The van der Waals surface area contributed by atoms with Crippen LogP contribution in [0.4, 0.5) is 0 Å². The molecule has 2 N–H and O–H groups in total. The van der Waals surface area contributed by atoms with Crippen LogP contribution in [0.15, 0.2) is 12.1 Å². The monoisotopic (exact) mass is 395 g/mol. The van der Waals surface area contributed by atoms with E-state index in [1.165, 1.54) is 44.1 Å². The van der Waals surface area contributed by atoms with Gasteiger partial charge in [-0.15, -0.1) is 0 Å². The minimum Gasteiger partial charge on any atom is -1.00 e. The quantitative estimate of drug-likeness (QED) is 0.726. The lowest BCUT2D eigenvalue weighted by molar-refractivity contribution is -0.717. The van der Waals surface area contributed by atoms with Crippen LogP contribution in [0.2, 0.25) is 0 Å². The van der Waals surface area contributed by atoms with Crippen LogP contribution in [0.3, 0.4) is 0 Å². The normalized spacial score (nSPS) is 31.9. The number of hydrogen-bond donors (Lipinski definition) is 1. The van der Waals surface area contributed by atoms with Crippen molar-refractivity contribution >= 4 is 0 Å². The van der Waals surface area contributed by atoms with E-state index in [2.05, 4.69) is 18.3 Å². The zero-order valence-corrected chi connectivity index (χ0v) is 17.8. The molecule has 0 spiro atoms. The van der Waals surface area contributed by atoms with Gasteiger partial charge in [0.15, 0.2) is 11.5 Å². The molecule has 0 amide bonds. The van der Waals surface area contributed by atoms with E-state index >= 15 is 0 Å². The molecule has 4 aliphatic rings. The molecule has 1 atom stereocenters. The van der Waals surface area contributed by atoms with Crippen LogP contribution in [-0.2, 0) is 6.54 Å². The van der Waals surface area contributed by atoms with E-state index in [0.29, 0.717) is 17.2 Å². The molecular formula is C22H34ClNO3. The average Bonchev–Trinajstić information content (AvgIpc) is 2.63. The molecule has 4 aliphatic carbocycles. The Morgan fingerprint density at radius 2 is 1.48 bits per heavy atom. The SMILES string of the molecule is COc1ccc(C[NH2+]C(C)C23CC4CC(CC(C4)C2)C3)c(OC)c1OC.[Cl-]. The molecule has 0 saturated heterocycles. The van der Waals surface area contributed by atoms with Gasteiger partial charge in [-0.3, -0.25) is 0 Å². The highest BCUT2D eigenvalue weighted by Crippen LogP contribution is 2.60. The summed E-state index contributed by atoms with van der Waals surface area (Å²) < 4.78 is 16.6. The Hall–Kier alpha value is -1.13. The molecule has 1 unspecified atom stereocenters. The number of ether oxygens (including phenoxy) is 3. The van der Waals surface area contributed by atoms with Gasteiger partial charge in [-0.2, -0.15) is 0 Å². The van der Waals surface area contributed by atoms with Crippen molar-refractivity contribution in [2.45, 2.75) is 58.0 Å². The maximum atomic E-state index is 5.67. The maximum absolute atomic E-state index is 5.67. The van der Waals surface area contributed by atoms with Crippen molar-refractivity contribution < 1.29 is 31.9 Å². The Labute approximate surface area is 169 Å². The summed E-state index contributed by atoms with van der Waals surface area (Å²) in [5, 5.41) is 2.54. The van der Waals surface area contributed by atoms with Crippen LogP contribution in [-0.4, -0.2) is 27.4 Å². The van der Waals surface area contributed by atoms with Crippen molar-refractivity contribution in [3.63, 3.8) is 0 Å². The number of quaternary nitrogens is 1. The predicted molar refractivity (Wildman–Crippen MR) is 102 cm³/mol. The molecule has 0 heterocycles. The standard InChI is InChI=1S/C22H33NO3.ClH/c1-14(22-10-15-7-16(11-22)9-17(8-15)12-22)23-13-18-5-6-19(24-2)21(26-4)20(18)25-3;/h5-6,14-17,23H,7-13H2,1-4H3;1H. The fourth-order valence-corrected chi connectivity index (χ4v) is 6.61. The highest BCUT2D eigenvalue weighted by molar-refractivity contribution is 5.55. The third-order valence-corrected chi connectivity index (χ3v) is 7.53. The zero-order valence-electron chi connectivity index (χ0n) is 17.1. The van der Waals surface area contributed by atoms with Gasteiger partial charge in [0.05, 0.1) is 32.9 Å². The van der Waals surface area contributed by atoms with Crippen LogP contribution in [0.1, 0.15) is 51.0 Å². The Balaban J connectivity index is 0.00000210. The van der Waals surface area contributed by atoms with Crippen molar-refractivity contribution in [1.82, 2.24) is 0 Å². The van der Waals surface area contributed by atoms with E-state index in [-0.39, 0.29) is 12.4 Å². The molecule has 0 radical (unpaired) electrons. The molecular weight excluding hydrogens is 362 g/mol. The Bertz CT molecular complexity index is 628. The first-order chi connectivity index (χ1) is 12.6. The van der Waals surface area contributed by atoms with Crippen molar-refractivity contribution in [3.05, 3.63) is 17.7 Å². The van der Waals surface area contributed by atoms with E-state index in [1.54, 1.807) is 21.3 Å². The first-order valence-corrected chi connectivity index (χ1v) is 10.2. The Morgan fingerprint density at radius 3 is 1.96 bits per heavy atom. The van der Waals surface area contributed by atoms with Gasteiger partial charge in [-0.05, 0) is 75.3 Å². The lowest BCUT2D eigenvalue weighted by Gasteiger charge is -2.57. The lowest BCUT2D eigenvalue weighted by Crippen LogP contribution is -3.00. The molecule has 5 heteroatoms. The van der Waals surface area contributed by atoms with E-state index in [0.717, 1.165) is 35.8 Å². The average molecular weight is 396 g/mol. The zero-order chi connectivity index (χ0) is 18.3. The molecule has 4 bridgehead atoms. The van der Waals surface area contributed by atoms with Gasteiger partial charge in [-0.25, -0.2) is 0 Å². The number of halogens is 1. The van der Waals surface area contributed by atoms with Crippen molar-refractivity contribution in [1.29, 1.82) is 0 Å². The van der Waals surface area contributed by atoms with Gasteiger partial charge in [0.1, 0.15) is 6.54 Å². The number of hydrogen-bond acceptors (Lipinski definition) is 3. The second-order valence-corrected chi connectivity index (χ2v) is 9.00. The van der Waals surface area contributed by atoms with Gasteiger partial charge >= 0.3 is 0 Å². The topological polar surface area (TPSA) is 44.3 Å². The third-order valence-electron chi connectivity index (χ3n) is 7.53. The fourth-order valence-electron chi connectivity index (χ4n) is 6.61. The highest BCUT2D eigenvalue weighted by Gasteiger charge is 2.54. The van der Waals surface area contributed by atoms with Crippen molar-refractivity contribution in [2.75, 3.05) is 21.3 Å². The Morgan fingerprint density at radius 1 is 0.926 bits per heavy atom. The molecule has 1 aromatic rings. The molecule has 0 aliphatic heterocycles. The first-order valence-electron chi connectivity index (χ1n) is 10.2. The molecule has 4 nitrogen and oxygen atoms in total. The number of methoxy groups -OCH3 is 3. The van der Waals surface area contributed by atoms with Gasteiger partial charge in [0.2, 0.25) is 5.75 Å². The molecule has 27 heavy (non-hydrogen) atoms. The Kier molecular flexibility index (Phi) is 6.17. The summed E-state index contributed by atoms with van der Waals surface area (Å²) in [6.07, 6.45) is 8.90. The van der Waals surface area contributed by atoms with E-state index in [1.807, 2.05) is 6.07 Å². The molecule has 5 rings (SSSR count). The highest BCUT2D eigenvalue weighted by atomic mass is 35.5. The molecule has 152 valence electrons. The van der Waals surface area contributed by atoms with Crippen LogP contribution in [0.25, 0.3) is 0 Å². The smallest absolute Gasteiger partial charge is 0.203 e. The van der Waals surface area contributed by atoms with E-state index in [9.17, 15) is 0 Å². The molecule has 4 saturated carbocycles. The van der Waals surface area contributed by atoms with Gasteiger partial charge in [0, 0.05) is 5.41 Å². The second-order valence-electron chi connectivity index (χ2n) is 9.00. The summed E-state index contributed by atoms with van der Waals surface area (Å²) in [5.41, 5.74) is 1.75. The largest absolute Gasteiger partial charge is 1.00 e. The summed E-state index contributed by atoms with van der Waals surface area (Å²) in [5.74, 6) is 5.25. The van der Waals surface area contributed by atoms with Crippen LogP contribution in [0.5, 0.6) is 17.2 Å². The van der Waals surface area contributed by atoms with Crippen LogP contribution >= 0.6 is 0 Å². The van der Waals surface area contributed by atoms with Crippen LogP contribution in [0, 0.1) is 23.2 Å². The summed E-state index contributed by atoms with van der Waals surface area (Å²) in [6.45, 7) is 3.38. The van der Waals surface area contributed by atoms with Gasteiger partial charge in [0.25, 0.3) is 0 Å². The van der Waals surface area contributed by atoms with Gasteiger partial charge < -0.3 is 31.9 Å². The minimum atomic E-state index is 0. The minimum absolute atomic E-state index is 0. The number of rotatable bonds is 7. The maximum Gasteiger partial charge on any atom is 0.203 e. The van der Waals surface area contributed by atoms with Crippen LogP contribution < -0.4 is 31.9 Å². The first kappa shape index (κ1) is 20.6. The molecule has 1 aromatic carbocycles. The lowest BCUT2D eigenvalue weighted by atomic mass is 9.48. The van der Waals surface area contributed by atoms with Crippen molar-refractivity contribution in [3.8, 4) is 17.2 Å². The summed E-state index contributed by atoms with van der Waals surface area (Å²) in [6, 6.07) is 4.76. The van der Waals surface area contributed by atoms with E-state index in [4.69, 9.17) is 14.2 Å². The third kappa shape index (κ3) is 3.63. The number of benzene rings is 1. The fraction of sp³-hybridized carbons (Fsp3) is 0.727. The summed E-state index contributed by atoms with van der Waals surface area (Å²) >= 11 is 0. The summed E-state index contributed by atoms with van der Waals surface area (Å²) in [7, 11) is 5.05.